The predicted octanol–water partition coefficient (Wildman–Crippen LogP) is 2.65. The summed E-state index contributed by atoms with van der Waals surface area (Å²) >= 11 is 0. The van der Waals surface area contributed by atoms with E-state index >= 15 is 0 Å². The normalized spacial score (nSPS) is 26.0. The number of benzene rings is 1. The van der Waals surface area contributed by atoms with Crippen molar-refractivity contribution >= 4 is 11.5 Å². The molecule has 2 saturated heterocycles. The van der Waals surface area contributed by atoms with Gasteiger partial charge in [-0.3, -0.25) is 0 Å². The van der Waals surface area contributed by atoms with Crippen LogP contribution < -0.4 is 10.6 Å². The van der Waals surface area contributed by atoms with Gasteiger partial charge in [-0.2, -0.15) is 13.2 Å². The maximum Gasteiger partial charge on any atom is 0.434 e. The summed E-state index contributed by atoms with van der Waals surface area (Å²) in [6, 6.07) is 7.94. The molecule has 0 amide bonds. The Morgan fingerprint density at radius 3 is 2.39 bits per heavy atom. The molecule has 5 nitrogen and oxygen atoms in total. The van der Waals surface area contributed by atoms with Crippen molar-refractivity contribution in [2.45, 2.75) is 24.4 Å². The highest BCUT2D eigenvalue weighted by Crippen LogP contribution is 2.40. The molecule has 0 aliphatic carbocycles. The van der Waals surface area contributed by atoms with E-state index in [2.05, 4.69) is 20.6 Å². The largest absolute Gasteiger partial charge is 0.434 e. The summed E-state index contributed by atoms with van der Waals surface area (Å²) in [5, 5.41) is 6.24. The van der Waals surface area contributed by atoms with Crippen molar-refractivity contribution in [3.05, 3.63) is 47.9 Å². The maximum atomic E-state index is 12.4. The minimum atomic E-state index is -4.48. The average molecular weight is 322 g/mol. The number of fused-ring (bicyclic) bond motifs is 1. The molecule has 4 rings (SSSR count). The smallest absolute Gasteiger partial charge is 0.365 e. The lowest BCUT2D eigenvalue weighted by atomic mass is 9.86. The van der Waals surface area contributed by atoms with Crippen LogP contribution in [0.2, 0.25) is 0 Å². The Kier molecular flexibility index (Phi) is 3.24. The molecule has 3 heterocycles. The van der Waals surface area contributed by atoms with Crippen LogP contribution in [0.3, 0.4) is 0 Å². The molecule has 2 aromatic rings. The van der Waals surface area contributed by atoms with Gasteiger partial charge in [0.1, 0.15) is 11.9 Å². The fraction of sp³-hybridized carbons (Fsp3) is 0.333. The van der Waals surface area contributed by atoms with Crippen LogP contribution >= 0.6 is 0 Å². The van der Waals surface area contributed by atoms with E-state index < -0.39 is 11.9 Å². The Morgan fingerprint density at radius 1 is 1.13 bits per heavy atom. The molecule has 1 aromatic heterocycles. The number of rotatable bonds is 3. The molecule has 1 aromatic carbocycles. The first kappa shape index (κ1) is 14.4. The van der Waals surface area contributed by atoms with Gasteiger partial charge in [0, 0.05) is 12.2 Å². The third-order valence-electron chi connectivity index (χ3n) is 4.06. The number of anilines is 2. The number of halogens is 3. The molecule has 0 spiro atoms. The van der Waals surface area contributed by atoms with Gasteiger partial charge in [0.05, 0.1) is 24.5 Å². The number of ether oxygens (including phenoxy) is 1. The maximum absolute atomic E-state index is 12.4. The summed E-state index contributed by atoms with van der Waals surface area (Å²) in [6.07, 6.45) is -2.30. The lowest BCUT2D eigenvalue weighted by Crippen LogP contribution is -2.69. The third-order valence-corrected chi connectivity index (χ3v) is 4.06. The van der Waals surface area contributed by atoms with Crippen LogP contribution in [0.25, 0.3) is 0 Å². The second-order valence-electron chi connectivity index (χ2n) is 5.56. The number of morpholine rings is 1. The van der Waals surface area contributed by atoms with Gasteiger partial charge in [0.25, 0.3) is 0 Å². The second kappa shape index (κ2) is 5.17. The number of alkyl halides is 3. The number of nitrogens with zero attached hydrogens (tertiary/aromatic N) is 2. The fourth-order valence-electron chi connectivity index (χ4n) is 2.70. The van der Waals surface area contributed by atoms with Gasteiger partial charge >= 0.3 is 6.18 Å². The molecular formula is C15H13F3N4O. The van der Waals surface area contributed by atoms with Crippen molar-refractivity contribution in [3.8, 4) is 0 Å². The molecule has 0 bridgehead atoms. The molecule has 1 unspecified atom stereocenters. The molecule has 3 atom stereocenters. The highest BCUT2D eigenvalue weighted by atomic mass is 19.4. The van der Waals surface area contributed by atoms with Crippen molar-refractivity contribution in [1.29, 1.82) is 0 Å². The molecule has 0 saturated carbocycles. The Labute approximate surface area is 129 Å². The van der Waals surface area contributed by atoms with Gasteiger partial charge in [0.15, 0.2) is 5.69 Å². The third kappa shape index (κ3) is 2.64. The molecule has 8 heteroatoms. The van der Waals surface area contributed by atoms with Crippen molar-refractivity contribution in [1.82, 2.24) is 15.3 Å². The Balaban J connectivity index is 1.42. The van der Waals surface area contributed by atoms with Gasteiger partial charge in [-0.25, -0.2) is 9.97 Å². The Morgan fingerprint density at radius 2 is 1.91 bits per heavy atom. The molecule has 2 fully saturated rings. The predicted molar refractivity (Wildman–Crippen MR) is 76.2 cm³/mol. The van der Waals surface area contributed by atoms with Crippen LogP contribution in [0.1, 0.15) is 17.4 Å². The first-order valence-corrected chi connectivity index (χ1v) is 7.16. The molecule has 0 radical (unpaired) electrons. The summed E-state index contributed by atoms with van der Waals surface area (Å²) in [5.41, 5.74) is 0.783. The lowest BCUT2D eigenvalue weighted by molar-refractivity contribution is -0.203. The van der Waals surface area contributed by atoms with Crippen LogP contribution in [0.5, 0.6) is 0 Å². The van der Waals surface area contributed by atoms with Gasteiger partial charge in [-0.1, -0.05) is 12.1 Å². The highest BCUT2D eigenvalue weighted by molar-refractivity contribution is 5.55. The zero-order valence-corrected chi connectivity index (χ0v) is 11.8. The molecule has 2 N–H and O–H groups in total. The molecule has 2 aliphatic heterocycles. The zero-order valence-electron chi connectivity index (χ0n) is 11.8. The van der Waals surface area contributed by atoms with Crippen LogP contribution in [0.4, 0.5) is 24.7 Å². The molecular weight excluding hydrogens is 309 g/mol. The summed E-state index contributed by atoms with van der Waals surface area (Å²) in [5.74, 6) is 0.256. The van der Waals surface area contributed by atoms with Gasteiger partial charge in [-0.15, -0.1) is 0 Å². The van der Waals surface area contributed by atoms with Crippen LogP contribution in [0.15, 0.2) is 36.7 Å². The first-order chi connectivity index (χ1) is 11.0. The van der Waals surface area contributed by atoms with E-state index in [9.17, 15) is 13.2 Å². The topological polar surface area (TPSA) is 59.1 Å². The molecule has 2 aliphatic rings. The standard InChI is InChI=1S/C15H13F3N4O/c16-15(17,18)11-6-20-12(7-19-11)22-9-3-1-8(2-4-9)14-13-10(23-14)5-21-13/h1-4,6-7,10,13-14,21H,5H2,(H,20,22)/t10?,13-,14+/m1/s1. The van der Waals surface area contributed by atoms with Crippen molar-refractivity contribution in [2.75, 3.05) is 11.9 Å². The van der Waals surface area contributed by atoms with E-state index in [-0.39, 0.29) is 11.9 Å². The highest BCUT2D eigenvalue weighted by Gasteiger charge is 2.49. The van der Waals surface area contributed by atoms with Gasteiger partial charge < -0.3 is 15.4 Å². The fourth-order valence-corrected chi connectivity index (χ4v) is 2.70. The van der Waals surface area contributed by atoms with E-state index in [0.29, 0.717) is 18.3 Å². The van der Waals surface area contributed by atoms with Crippen LogP contribution in [-0.4, -0.2) is 28.7 Å². The minimum absolute atomic E-state index is 0.0775. The number of nitrogens with one attached hydrogen (secondary N) is 2. The zero-order chi connectivity index (χ0) is 16.0. The quantitative estimate of drug-likeness (QED) is 0.910. The van der Waals surface area contributed by atoms with Crippen LogP contribution in [0, 0.1) is 0 Å². The van der Waals surface area contributed by atoms with E-state index in [4.69, 9.17) is 4.74 Å². The number of aromatic nitrogens is 2. The molecule has 23 heavy (non-hydrogen) atoms. The summed E-state index contributed by atoms with van der Waals surface area (Å²) in [7, 11) is 0. The number of hydrogen-bond donors (Lipinski definition) is 2. The van der Waals surface area contributed by atoms with E-state index in [0.717, 1.165) is 24.0 Å². The summed E-state index contributed by atoms with van der Waals surface area (Å²) in [6.45, 7) is 0.910. The van der Waals surface area contributed by atoms with E-state index in [1.54, 1.807) is 0 Å². The second-order valence-corrected chi connectivity index (χ2v) is 5.56. The monoisotopic (exact) mass is 322 g/mol. The first-order valence-electron chi connectivity index (χ1n) is 7.16. The average Bonchev–Trinajstić information content (AvgIpc) is 2.51. The Bertz CT molecular complexity index is 702. The van der Waals surface area contributed by atoms with Crippen molar-refractivity contribution < 1.29 is 17.9 Å². The minimum Gasteiger partial charge on any atom is -0.365 e. The van der Waals surface area contributed by atoms with Gasteiger partial charge in [0.2, 0.25) is 0 Å². The number of hydrogen-bond acceptors (Lipinski definition) is 5. The van der Waals surface area contributed by atoms with E-state index in [1.165, 1.54) is 0 Å². The van der Waals surface area contributed by atoms with Crippen LogP contribution in [-0.2, 0) is 10.9 Å². The van der Waals surface area contributed by atoms with E-state index in [1.807, 2.05) is 24.3 Å². The van der Waals surface area contributed by atoms with Crippen molar-refractivity contribution in [2.24, 2.45) is 0 Å². The summed E-state index contributed by atoms with van der Waals surface area (Å²) < 4.78 is 43.0. The molecule has 120 valence electrons. The van der Waals surface area contributed by atoms with Gasteiger partial charge in [-0.05, 0) is 17.7 Å². The van der Waals surface area contributed by atoms with Crippen molar-refractivity contribution in [3.63, 3.8) is 0 Å². The SMILES string of the molecule is FC(F)(F)c1cnc(Nc2ccc([C@@H]3OC4CN[C@H]43)cc2)cn1. The lowest BCUT2D eigenvalue weighted by Gasteiger charge is -2.53. The summed E-state index contributed by atoms with van der Waals surface area (Å²) in [4.78, 5) is 7.09. The Hall–Kier alpha value is -2.19.